The maximum absolute atomic E-state index is 11.5. The van der Waals surface area contributed by atoms with Crippen molar-refractivity contribution in [3.63, 3.8) is 0 Å². The van der Waals surface area contributed by atoms with Gasteiger partial charge >= 0.3 is 5.97 Å². The molecule has 33 heavy (non-hydrogen) atoms. The first kappa shape index (κ1) is 24.0. The van der Waals surface area contributed by atoms with Gasteiger partial charge in [0.1, 0.15) is 4.88 Å². The highest BCUT2D eigenvalue weighted by atomic mass is 35.5. The lowest BCUT2D eigenvalue weighted by Crippen LogP contribution is -2.35. The first-order chi connectivity index (χ1) is 15.9. The summed E-state index contributed by atoms with van der Waals surface area (Å²) in [6.07, 6.45) is 2.16. The van der Waals surface area contributed by atoms with Gasteiger partial charge in [0, 0.05) is 43.3 Å². The van der Waals surface area contributed by atoms with Gasteiger partial charge < -0.3 is 15.7 Å². The van der Waals surface area contributed by atoms with E-state index in [9.17, 15) is 9.90 Å². The van der Waals surface area contributed by atoms with Gasteiger partial charge in [-0.2, -0.15) is 0 Å². The van der Waals surface area contributed by atoms with Crippen LogP contribution in [0.3, 0.4) is 0 Å². The summed E-state index contributed by atoms with van der Waals surface area (Å²) >= 11 is 9.60. The van der Waals surface area contributed by atoms with E-state index in [-0.39, 0.29) is 0 Å². The Morgan fingerprint density at radius 2 is 1.91 bits per heavy atom. The minimum atomic E-state index is -0.931. The average Bonchev–Trinajstić information content (AvgIpc) is 3.13. The van der Waals surface area contributed by atoms with E-state index in [4.69, 9.17) is 11.6 Å². The number of halogens is 1. The second-order valence-electron chi connectivity index (χ2n) is 8.16. The third kappa shape index (κ3) is 5.84. The molecule has 0 bridgehead atoms. The molecule has 0 aliphatic carbocycles. The predicted molar refractivity (Wildman–Crippen MR) is 142 cm³/mol. The van der Waals surface area contributed by atoms with Crippen molar-refractivity contribution in [2.45, 2.75) is 31.6 Å². The molecule has 0 saturated carbocycles. The van der Waals surface area contributed by atoms with Crippen LogP contribution in [-0.2, 0) is 5.75 Å². The lowest BCUT2D eigenvalue weighted by atomic mass is 10.1. The third-order valence-corrected chi connectivity index (χ3v) is 8.95. The Hall–Kier alpha value is -2.19. The van der Waals surface area contributed by atoms with Crippen LogP contribution in [0.5, 0.6) is 0 Å². The summed E-state index contributed by atoms with van der Waals surface area (Å²) in [5.41, 5.74) is 5.10. The highest BCUT2D eigenvalue weighted by molar-refractivity contribution is 7.96. The smallest absolute Gasteiger partial charge is 0.346 e. The summed E-state index contributed by atoms with van der Waals surface area (Å²) in [5, 5.41) is 16.8. The van der Waals surface area contributed by atoms with Crippen molar-refractivity contribution in [3.05, 3.63) is 69.6 Å². The number of carbonyl (C=O) groups is 1. The number of nitrogens with zero attached hydrogens (tertiary/aromatic N) is 1. The zero-order valence-corrected chi connectivity index (χ0v) is 21.1. The molecule has 0 unspecified atom stereocenters. The van der Waals surface area contributed by atoms with Crippen molar-refractivity contribution in [2.75, 3.05) is 30.8 Å². The Morgan fingerprint density at radius 3 is 2.61 bits per heavy atom. The van der Waals surface area contributed by atoms with Crippen LogP contribution in [0.25, 0.3) is 10.4 Å². The molecular weight excluding hydrogens is 474 g/mol. The van der Waals surface area contributed by atoms with Gasteiger partial charge in [0.05, 0.1) is 9.90 Å². The van der Waals surface area contributed by atoms with E-state index in [1.54, 1.807) is 6.92 Å². The molecule has 0 radical (unpaired) electrons. The van der Waals surface area contributed by atoms with E-state index < -0.39 is 5.97 Å². The number of benzene rings is 2. The lowest BCUT2D eigenvalue weighted by Gasteiger charge is -2.32. The number of thiophene rings is 1. The first-order valence-corrected chi connectivity index (χ1v) is 13.1. The van der Waals surface area contributed by atoms with Crippen LogP contribution in [0.1, 0.15) is 33.6 Å². The Labute approximate surface area is 208 Å². The number of piperidine rings is 1. The van der Waals surface area contributed by atoms with E-state index in [2.05, 4.69) is 51.3 Å². The number of rotatable bonds is 8. The van der Waals surface area contributed by atoms with Gasteiger partial charge in [-0.15, -0.1) is 11.3 Å². The monoisotopic (exact) mass is 501 g/mol. The molecule has 1 fully saturated rings. The van der Waals surface area contributed by atoms with Crippen LogP contribution in [0.15, 0.2) is 48.5 Å². The molecule has 1 saturated heterocycles. The zero-order valence-electron chi connectivity index (χ0n) is 18.7. The van der Waals surface area contributed by atoms with Crippen molar-refractivity contribution in [1.82, 2.24) is 4.31 Å². The van der Waals surface area contributed by atoms with Crippen molar-refractivity contribution in [2.24, 2.45) is 0 Å². The maximum Gasteiger partial charge on any atom is 0.346 e. The molecule has 0 amide bonds. The molecule has 4 rings (SSSR count). The quantitative estimate of drug-likeness (QED) is 0.293. The van der Waals surface area contributed by atoms with Crippen LogP contribution in [-0.4, -0.2) is 41.6 Å². The minimum absolute atomic E-state index is 0.302. The summed E-state index contributed by atoms with van der Waals surface area (Å²) in [4.78, 5) is 12.6. The normalized spacial score (nSPS) is 14.9. The molecule has 1 aliphatic heterocycles. The number of hydrogen-bond donors (Lipinski definition) is 3. The van der Waals surface area contributed by atoms with E-state index >= 15 is 0 Å². The molecule has 174 valence electrons. The van der Waals surface area contributed by atoms with E-state index in [1.165, 1.54) is 16.9 Å². The Bertz CT molecular complexity index is 1130. The standard InChI is InChI=1S/C25H28ClN3O2S2/c1-16-22(26)24(33-23(16)25(30)31)18-6-4-8-21(14-18)28-19-9-11-29(12-10-19)32-15-17-5-3-7-20(13-17)27-2/h3-8,13-14,19,27-28H,9-12,15H2,1-2H3,(H,30,31). The van der Waals surface area contributed by atoms with Gasteiger partial charge in [-0.1, -0.05) is 47.8 Å². The number of carboxylic acids is 1. The van der Waals surface area contributed by atoms with Gasteiger partial charge in [-0.3, -0.25) is 4.31 Å². The fourth-order valence-electron chi connectivity index (χ4n) is 3.98. The molecular formula is C25H28ClN3O2S2. The topological polar surface area (TPSA) is 64.6 Å². The average molecular weight is 502 g/mol. The summed E-state index contributed by atoms with van der Waals surface area (Å²) < 4.78 is 2.46. The highest BCUT2D eigenvalue weighted by Crippen LogP contribution is 2.40. The van der Waals surface area contributed by atoms with Crippen LogP contribution in [0.2, 0.25) is 5.02 Å². The van der Waals surface area contributed by atoms with Gasteiger partial charge in [0.2, 0.25) is 0 Å². The molecule has 5 nitrogen and oxygen atoms in total. The van der Waals surface area contributed by atoms with E-state index in [1.807, 2.05) is 31.1 Å². The molecule has 3 aromatic rings. The van der Waals surface area contributed by atoms with E-state index in [0.29, 0.717) is 21.5 Å². The SMILES string of the molecule is CNc1cccc(CSN2CCC(Nc3cccc(-c4sc(C(=O)O)c(C)c4Cl)c3)CC2)c1. The van der Waals surface area contributed by atoms with E-state index in [0.717, 1.165) is 53.5 Å². The van der Waals surface area contributed by atoms with Gasteiger partial charge in [-0.05, 0) is 60.7 Å². The molecule has 0 spiro atoms. The fraction of sp³-hybridized carbons (Fsp3) is 0.320. The van der Waals surface area contributed by atoms with Gasteiger partial charge in [0.25, 0.3) is 0 Å². The van der Waals surface area contributed by atoms with Gasteiger partial charge in [-0.25, -0.2) is 4.79 Å². The van der Waals surface area contributed by atoms with Crippen molar-refractivity contribution < 1.29 is 9.90 Å². The molecule has 1 aliphatic rings. The summed E-state index contributed by atoms with van der Waals surface area (Å²) in [5.74, 6) is 0.0499. The molecule has 2 heterocycles. The van der Waals surface area contributed by atoms with Crippen LogP contribution >= 0.6 is 34.9 Å². The molecule has 1 aromatic heterocycles. The Balaban J connectivity index is 1.33. The van der Waals surface area contributed by atoms with Crippen molar-refractivity contribution >= 4 is 52.2 Å². The zero-order chi connectivity index (χ0) is 23.4. The summed E-state index contributed by atoms with van der Waals surface area (Å²) in [6, 6.07) is 17.1. The Kier molecular flexibility index (Phi) is 7.86. The fourth-order valence-corrected chi connectivity index (χ4v) is 6.37. The number of hydrogen-bond acceptors (Lipinski definition) is 6. The number of anilines is 2. The number of carboxylic acid groups (broad SMARTS) is 1. The third-order valence-electron chi connectivity index (χ3n) is 5.85. The van der Waals surface area contributed by atoms with Crippen molar-refractivity contribution in [1.29, 1.82) is 0 Å². The van der Waals surface area contributed by atoms with Crippen LogP contribution in [0, 0.1) is 6.92 Å². The second kappa shape index (κ2) is 10.8. The number of aromatic carboxylic acids is 1. The minimum Gasteiger partial charge on any atom is -0.477 e. The van der Waals surface area contributed by atoms with Crippen LogP contribution in [0.4, 0.5) is 11.4 Å². The second-order valence-corrected chi connectivity index (χ2v) is 10.6. The predicted octanol–water partition coefficient (Wildman–Crippen LogP) is 6.84. The summed E-state index contributed by atoms with van der Waals surface area (Å²) in [7, 11) is 1.95. The molecule has 2 aromatic carbocycles. The molecule has 3 N–H and O–H groups in total. The first-order valence-electron chi connectivity index (χ1n) is 11.0. The largest absolute Gasteiger partial charge is 0.477 e. The highest BCUT2D eigenvalue weighted by Gasteiger charge is 2.21. The Morgan fingerprint density at radius 1 is 1.18 bits per heavy atom. The molecule has 8 heteroatoms. The number of nitrogens with one attached hydrogen (secondary N) is 2. The lowest BCUT2D eigenvalue weighted by molar-refractivity contribution is 0.0701. The molecule has 0 atom stereocenters. The van der Waals surface area contributed by atoms with Crippen LogP contribution < -0.4 is 10.6 Å². The summed E-state index contributed by atoms with van der Waals surface area (Å²) in [6.45, 7) is 3.86. The van der Waals surface area contributed by atoms with Gasteiger partial charge in [0.15, 0.2) is 0 Å². The maximum atomic E-state index is 11.5. The van der Waals surface area contributed by atoms with Crippen molar-refractivity contribution in [3.8, 4) is 10.4 Å².